The van der Waals surface area contributed by atoms with Crippen molar-refractivity contribution in [1.29, 1.82) is 0 Å². The monoisotopic (exact) mass is 236 g/mol. The Kier molecular flexibility index (Phi) is 4.54. The quantitative estimate of drug-likeness (QED) is 0.851. The van der Waals surface area contributed by atoms with Crippen LogP contribution in [0.15, 0.2) is 30.3 Å². The van der Waals surface area contributed by atoms with Crippen LogP contribution in [0.4, 0.5) is 0 Å². The molecule has 1 aliphatic rings. The summed E-state index contributed by atoms with van der Waals surface area (Å²) in [5.74, 6) is 0.487. The summed E-state index contributed by atoms with van der Waals surface area (Å²) in [4.78, 5) is 0. The maximum Gasteiger partial charge on any atom is 0.105 e. The first-order chi connectivity index (χ1) is 8.27. The van der Waals surface area contributed by atoms with Gasteiger partial charge in [-0.05, 0) is 18.9 Å². The van der Waals surface area contributed by atoms with Crippen LogP contribution in [-0.4, -0.2) is 31.0 Å². The summed E-state index contributed by atoms with van der Waals surface area (Å²) in [5, 5.41) is 10.1. The Balaban J connectivity index is 1.80. The normalized spacial score (nSPS) is 23.5. The van der Waals surface area contributed by atoms with Crippen LogP contribution in [0.3, 0.4) is 0 Å². The van der Waals surface area contributed by atoms with Crippen molar-refractivity contribution in [1.82, 2.24) is 0 Å². The van der Waals surface area contributed by atoms with Crippen LogP contribution in [0.2, 0.25) is 0 Å². The van der Waals surface area contributed by atoms with Crippen molar-refractivity contribution in [3.05, 3.63) is 35.9 Å². The summed E-state index contributed by atoms with van der Waals surface area (Å²) >= 11 is 0. The molecule has 1 aromatic rings. The maximum absolute atomic E-state index is 10.1. The van der Waals surface area contributed by atoms with Crippen molar-refractivity contribution < 1.29 is 14.6 Å². The van der Waals surface area contributed by atoms with Crippen LogP contribution >= 0.6 is 0 Å². The lowest BCUT2D eigenvalue weighted by molar-refractivity contribution is -0.0412. The van der Waals surface area contributed by atoms with Crippen LogP contribution in [0.1, 0.15) is 25.0 Å². The molecule has 1 N–H and O–H groups in total. The summed E-state index contributed by atoms with van der Waals surface area (Å²) < 4.78 is 11.0. The molecular weight excluding hydrogens is 216 g/mol. The minimum Gasteiger partial charge on any atom is -0.386 e. The molecule has 1 heterocycles. The van der Waals surface area contributed by atoms with Crippen molar-refractivity contribution >= 4 is 0 Å². The number of hydrogen-bond donors (Lipinski definition) is 1. The molecule has 3 atom stereocenters. The van der Waals surface area contributed by atoms with E-state index in [1.807, 2.05) is 37.3 Å². The summed E-state index contributed by atoms with van der Waals surface area (Å²) in [6, 6.07) is 9.64. The van der Waals surface area contributed by atoms with Gasteiger partial charge in [0.2, 0.25) is 0 Å². The first kappa shape index (κ1) is 12.6. The Bertz CT molecular complexity index is 319. The van der Waals surface area contributed by atoms with E-state index in [1.165, 1.54) is 0 Å². The van der Waals surface area contributed by atoms with Gasteiger partial charge in [0.05, 0.1) is 19.3 Å². The molecule has 0 amide bonds. The summed E-state index contributed by atoms with van der Waals surface area (Å²) in [6.07, 6.45) is 0.324. The van der Waals surface area contributed by atoms with Gasteiger partial charge < -0.3 is 14.6 Å². The van der Waals surface area contributed by atoms with Crippen LogP contribution in [0, 0.1) is 5.92 Å². The van der Waals surface area contributed by atoms with Gasteiger partial charge in [-0.25, -0.2) is 0 Å². The lowest BCUT2D eigenvalue weighted by Crippen LogP contribution is -2.22. The first-order valence-corrected chi connectivity index (χ1v) is 6.19. The van der Waals surface area contributed by atoms with Gasteiger partial charge in [0.1, 0.15) is 6.10 Å². The van der Waals surface area contributed by atoms with E-state index in [1.54, 1.807) is 0 Å². The first-order valence-electron chi connectivity index (χ1n) is 6.19. The highest BCUT2D eigenvalue weighted by atomic mass is 16.5. The molecule has 1 aromatic carbocycles. The van der Waals surface area contributed by atoms with E-state index < -0.39 is 6.10 Å². The summed E-state index contributed by atoms with van der Waals surface area (Å²) in [5.41, 5.74) is 0.905. The highest BCUT2D eigenvalue weighted by Gasteiger charge is 2.20. The zero-order valence-corrected chi connectivity index (χ0v) is 10.2. The molecule has 0 bridgehead atoms. The molecule has 2 rings (SSSR count). The van der Waals surface area contributed by atoms with Crippen molar-refractivity contribution in [2.75, 3.05) is 19.8 Å². The number of rotatable bonds is 5. The molecule has 17 heavy (non-hydrogen) atoms. The Morgan fingerprint density at radius 2 is 2.18 bits per heavy atom. The number of ether oxygens (including phenoxy) is 2. The SMILES string of the molecule is CC(OCC1CCOC1)C(O)c1ccccc1. The third-order valence-corrected chi connectivity index (χ3v) is 3.20. The largest absolute Gasteiger partial charge is 0.386 e. The maximum atomic E-state index is 10.1. The predicted molar refractivity (Wildman–Crippen MR) is 65.7 cm³/mol. The molecule has 3 nitrogen and oxygen atoms in total. The van der Waals surface area contributed by atoms with E-state index in [0.29, 0.717) is 12.5 Å². The average molecular weight is 236 g/mol. The summed E-state index contributed by atoms with van der Waals surface area (Å²) in [6.45, 7) is 4.20. The minimum absolute atomic E-state index is 0.182. The molecule has 1 fully saturated rings. The van der Waals surface area contributed by atoms with Gasteiger partial charge in [0, 0.05) is 12.5 Å². The third-order valence-electron chi connectivity index (χ3n) is 3.20. The van der Waals surface area contributed by atoms with Gasteiger partial charge in [0.25, 0.3) is 0 Å². The zero-order valence-electron chi connectivity index (χ0n) is 10.2. The fourth-order valence-corrected chi connectivity index (χ4v) is 2.02. The smallest absolute Gasteiger partial charge is 0.105 e. The second kappa shape index (κ2) is 6.15. The molecule has 0 spiro atoms. The lowest BCUT2D eigenvalue weighted by atomic mass is 10.1. The van der Waals surface area contributed by atoms with E-state index in [0.717, 1.165) is 25.2 Å². The van der Waals surface area contributed by atoms with Crippen molar-refractivity contribution in [3.63, 3.8) is 0 Å². The van der Waals surface area contributed by atoms with Crippen molar-refractivity contribution in [2.45, 2.75) is 25.6 Å². The predicted octanol–water partition coefficient (Wildman–Crippen LogP) is 2.16. The van der Waals surface area contributed by atoms with E-state index >= 15 is 0 Å². The third kappa shape index (κ3) is 3.53. The number of aliphatic hydroxyl groups excluding tert-OH is 1. The Hall–Kier alpha value is -0.900. The lowest BCUT2D eigenvalue weighted by Gasteiger charge is -2.21. The van der Waals surface area contributed by atoms with Crippen LogP contribution in [0.25, 0.3) is 0 Å². The molecule has 0 aromatic heterocycles. The van der Waals surface area contributed by atoms with Gasteiger partial charge in [-0.2, -0.15) is 0 Å². The molecule has 3 heteroatoms. The molecule has 94 valence electrons. The van der Waals surface area contributed by atoms with E-state index in [9.17, 15) is 5.11 Å². The van der Waals surface area contributed by atoms with Crippen LogP contribution in [-0.2, 0) is 9.47 Å². The number of benzene rings is 1. The molecule has 3 unspecified atom stereocenters. The standard InChI is InChI=1S/C14H20O3/c1-11(17-10-12-7-8-16-9-12)14(15)13-5-3-2-4-6-13/h2-6,11-12,14-15H,7-10H2,1H3. The second-order valence-corrected chi connectivity index (χ2v) is 4.62. The molecule has 0 radical (unpaired) electrons. The summed E-state index contributed by atoms with van der Waals surface area (Å²) in [7, 11) is 0. The highest BCUT2D eigenvalue weighted by molar-refractivity contribution is 5.18. The van der Waals surface area contributed by atoms with Gasteiger partial charge in [-0.15, -0.1) is 0 Å². The zero-order chi connectivity index (χ0) is 12.1. The molecule has 1 aliphatic heterocycles. The molecular formula is C14H20O3. The Labute approximate surface area is 102 Å². The van der Waals surface area contributed by atoms with Crippen LogP contribution < -0.4 is 0 Å². The minimum atomic E-state index is -0.557. The van der Waals surface area contributed by atoms with Crippen LogP contribution in [0.5, 0.6) is 0 Å². The highest BCUT2D eigenvalue weighted by Crippen LogP contribution is 2.20. The molecule has 0 aliphatic carbocycles. The molecule has 1 saturated heterocycles. The average Bonchev–Trinajstić information content (AvgIpc) is 2.89. The molecule has 0 saturated carbocycles. The number of hydrogen-bond acceptors (Lipinski definition) is 3. The van der Waals surface area contributed by atoms with Crippen molar-refractivity contribution in [3.8, 4) is 0 Å². The van der Waals surface area contributed by atoms with Gasteiger partial charge in [-0.1, -0.05) is 30.3 Å². The van der Waals surface area contributed by atoms with Crippen molar-refractivity contribution in [2.24, 2.45) is 5.92 Å². The van der Waals surface area contributed by atoms with Gasteiger partial charge >= 0.3 is 0 Å². The second-order valence-electron chi connectivity index (χ2n) is 4.62. The van der Waals surface area contributed by atoms with E-state index in [-0.39, 0.29) is 6.10 Å². The number of aliphatic hydroxyl groups is 1. The van der Waals surface area contributed by atoms with Gasteiger partial charge in [0.15, 0.2) is 0 Å². The topological polar surface area (TPSA) is 38.7 Å². The Morgan fingerprint density at radius 1 is 1.41 bits per heavy atom. The van der Waals surface area contributed by atoms with E-state index in [4.69, 9.17) is 9.47 Å². The fourth-order valence-electron chi connectivity index (χ4n) is 2.02. The Morgan fingerprint density at radius 3 is 2.82 bits per heavy atom. The van der Waals surface area contributed by atoms with E-state index in [2.05, 4.69) is 0 Å². The fraction of sp³-hybridized carbons (Fsp3) is 0.571. The van der Waals surface area contributed by atoms with Gasteiger partial charge in [-0.3, -0.25) is 0 Å².